The van der Waals surface area contributed by atoms with Crippen molar-refractivity contribution in [2.45, 2.75) is 58.3 Å². The van der Waals surface area contributed by atoms with Crippen LogP contribution < -0.4 is 0 Å². The summed E-state index contributed by atoms with van der Waals surface area (Å²) in [4.78, 5) is 12.2. The van der Waals surface area contributed by atoms with Crippen molar-refractivity contribution in [3.8, 4) is 0 Å². The molecule has 0 bridgehead atoms. The number of hydrogen-bond acceptors (Lipinski definition) is 4. The molecule has 1 aliphatic carbocycles. The number of epoxide rings is 1. The van der Waals surface area contributed by atoms with Gasteiger partial charge >= 0.3 is 5.97 Å². The van der Waals surface area contributed by atoms with Gasteiger partial charge in [-0.1, -0.05) is 13.8 Å². The second-order valence-corrected chi connectivity index (χ2v) is 6.52. The molecule has 3 atom stereocenters. The summed E-state index contributed by atoms with van der Waals surface area (Å²) >= 11 is 0. The number of fused-ring (bicyclic) bond motifs is 1. The highest BCUT2D eigenvalue weighted by Crippen LogP contribution is 2.70. The standard InChI is InChI=1S/C15H24O4/c1-9-10(11(16)17-7)12(2,3)14(5)15(6,19-14)13(9,4)18-8/h1-8H3/t13-,14+,15-/m1/s1. The summed E-state index contributed by atoms with van der Waals surface area (Å²) < 4.78 is 16.8. The maximum absolute atomic E-state index is 12.2. The zero-order valence-electron chi connectivity index (χ0n) is 13.1. The van der Waals surface area contributed by atoms with E-state index >= 15 is 0 Å². The molecule has 0 spiro atoms. The van der Waals surface area contributed by atoms with E-state index in [1.54, 1.807) is 7.11 Å². The lowest BCUT2D eigenvalue weighted by Gasteiger charge is -2.46. The van der Waals surface area contributed by atoms with Crippen molar-refractivity contribution < 1.29 is 19.0 Å². The van der Waals surface area contributed by atoms with Crippen molar-refractivity contribution in [1.29, 1.82) is 0 Å². The van der Waals surface area contributed by atoms with Gasteiger partial charge in [0, 0.05) is 18.1 Å². The van der Waals surface area contributed by atoms with E-state index in [4.69, 9.17) is 14.2 Å². The Kier molecular flexibility index (Phi) is 2.76. The van der Waals surface area contributed by atoms with Crippen LogP contribution >= 0.6 is 0 Å². The Morgan fingerprint density at radius 2 is 1.58 bits per heavy atom. The van der Waals surface area contributed by atoms with Crippen LogP contribution in [-0.2, 0) is 19.0 Å². The molecule has 4 heteroatoms. The van der Waals surface area contributed by atoms with Crippen LogP contribution in [0.25, 0.3) is 0 Å². The molecule has 108 valence electrons. The van der Waals surface area contributed by atoms with Gasteiger partial charge in [0.2, 0.25) is 0 Å². The Morgan fingerprint density at radius 1 is 1.05 bits per heavy atom. The number of carbonyl (C=O) groups is 1. The minimum Gasteiger partial charge on any atom is -0.466 e. The maximum Gasteiger partial charge on any atom is 0.334 e. The van der Waals surface area contributed by atoms with Crippen molar-refractivity contribution in [3.63, 3.8) is 0 Å². The van der Waals surface area contributed by atoms with Crippen LogP contribution in [0.5, 0.6) is 0 Å². The van der Waals surface area contributed by atoms with Crippen LogP contribution in [0.2, 0.25) is 0 Å². The highest BCUT2D eigenvalue weighted by atomic mass is 16.7. The highest BCUT2D eigenvalue weighted by Gasteiger charge is 2.81. The average molecular weight is 268 g/mol. The average Bonchev–Trinajstić information content (AvgIpc) is 2.93. The summed E-state index contributed by atoms with van der Waals surface area (Å²) in [5.74, 6) is -0.301. The molecule has 0 aromatic rings. The Labute approximate surface area is 115 Å². The smallest absolute Gasteiger partial charge is 0.334 e. The van der Waals surface area contributed by atoms with E-state index in [1.807, 2.05) is 34.6 Å². The van der Waals surface area contributed by atoms with E-state index in [0.717, 1.165) is 5.57 Å². The number of rotatable bonds is 2. The lowest BCUT2D eigenvalue weighted by molar-refractivity contribution is -0.138. The molecule has 1 fully saturated rings. The predicted octanol–water partition coefficient (Wildman–Crippen LogP) is 2.47. The summed E-state index contributed by atoms with van der Waals surface area (Å²) in [5.41, 5.74) is -0.355. The normalized spacial score (nSPS) is 43.8. The van der Waals surface area contributed by atoms with Crippen LogP contribution in [0, 0.1) is 5.41 Å². The molecule has 2 rings (SSSR count). The first-order chi connectivity index (χ1) is 8.53. The monoisotopic (exact) mass is 268 g/mol. The first kappa shape index (κ1) is 14.5. The van der Waals surface area contributed by atoms with Gasteiger partial charge in [0.05, 0.1) is 7.11 Å². The van der Waals surface area contributed by atoms with Crippen LogP contribution in [0.1, 0.15) is 41.5 Å². The zero-order valence-corrected chi connectivity index (χ0v) is 13.1. The summed E-state index contributed by atoms with van der Waals surface area (Å²) in [6.45, 7) is 12.1. The molecular formula is C15H24O4. The third kappa shape index (κ3) is 1.29. The van der Waals surface area contributed by atoms with Crippen molar-refractivity contribution >= 4 is 5.97 Å². The summed E-state index contributed by atoms with van der Waals surface area (Å²) in [6.07, 6.45) is 0. The van der Waals surface area contributed by atoms with Crippen molar-refractivity contribution in [2.24, 2.45) is 5.41 Å². The highest BCUT2D eigenvalue weighted by molar-refractivity contribution is 5.92. The molecule has 0 radical (unpaired) electrons. The summed E-state index contributed by atoms with van der Waals surface area (Å²) in [5, 5.41) is 0. The van der Waals surface area contributed by atoms with Crippen LogP contribution in [0.15, 0.2) is 11.1 Å². The van der Waals surface area contributed by atoms with E-state index in [0.29, 0.717) is 5.57 Å². The van der Waals surface area contributed by atoms with Gasteiger partial charge in [0.1, 0.15) is 16.8 Å². The molecule has 1 saturated heterocycles. The largest absolute Gasteiger partial charge is 0.466 e. The Bertz CT molecular complexity index is 479. The molecule has 19 heavy (non-hydrogen) atoms. The minimum atomic E-state index is -0.624. The molecule has 0 N–H and O–H groups in total. The fourth-order valence-electron chi connectivity index (χ4n) is 3.82. The Hall–Kier alpha value is -0.870. The predicted molar refractivity (Wildman–Crippen MR) is 71.8 cm³/mol. The second kappa shape index (κ2) is 3.61. The van der Waals surface area contributed by atoms with Gasteiger partial charge < -0.3 is 14.2 Å². The van der Waals surface area contributed by atoms with E-state index in [1.165, 1.54) is 7.11 Å². The van der Waals surface area contributed by atoms with E-state index in [9.17, 15) is 4.79 Å². The fourth-order valence-corrected chi connectivity index (χ4v) is 3.82. The Balaban J connectivity index is 2.73. The molecule has 4 nitrogen and oxygen atoms in total. The SMILES string of the molecule is COC(=O)C1=C(C)[C@@](C)(OC)[C@@]2(C)O[C@@]2(C)C1(C)C. The Morgan fingerprint density at radius 3 is 2.00 bits per heavy atom. The van der Waals surface area contributed by atoms with Crippen LogP contribution in [-0.4, -0.2) is 37.0 Å². The minimum absolute atomic E-state index is 0.301. The molecule has 1 aliphatic heterocycles. The first-order valence-corrected chi connectivity index (χ1v) is 6.59. The van der Waals surface area contributed by atoms with E-state index < -0.39 is 22.2 Å². The number of ether oxygens (including phenoxy) is 3. The molecule has 0 aromatic heterocycles. The third-order valence-electron chi connectivity index (χ3n) is 5.89. The maximum atomic E-state index is 12.2. The van der Waals surface area contributed by atoms with E-state index in [2.05, 4.69) is 6.92 Å². The summed E-state index contributed by atoms with van der Waals surface area (Å²) in [6, 6.07) is 0. The molecule has 0 aromatic carbocycles. The quantitative estimate of drug-likeness (QED) is 0.570. The molecule has 0 unspecified atom stereocenters. The number of esters is 1. The molecule has 1 heterocycles. The van der Waals surface area contributed by atoms with Gasteiger partial charge in [0.15, 0.2) is 0 Å². The van der Waals surface area contributed by atoms with Gasteiger partial charge in [0.25, 0.3) is 0 Å². The molecule has 0 saturated carbocycles. The van der Waals surface area contributed by atoms with Gasteiger partial charge in [-0.05, 0) is 33.3 Å². The third-order valence-corrected chi connectivity index (χ3v) is 5.89. The number of carbonyl (C=O) groups excluding carboxylic acids is 1. The molecule has 0 amide bonds. The lowest BCUT2D eigenvalue weighted by Crippen LogP contribution is -2.57. The molecular weight excluding hydrogens is 244 g/mol. The number of hydrogen-bond donors (Lipinski definition) is 0. The van der Waals surface area contributed by atoms with Gasteiger partial charge in [-0.3, -0.25) is 0 Å². The van der Waals surface area contributed by atoms with Gasteiger partial charge in [-0.25, -0.2) is 4.79 Å². The van der Waals surface area contributed by atoms with Crippen LogP contribution in [0.4, 0.5) is 0 Å². The van der Waals surface area contributed by atoms with Gasteiger partial charge in [-0.15, -0.1) is 0 Å². The summed E-state index contributed by atoms with van der Waals surface area (Å²) in [7, 11) is 3.07. The zero-order chi connectivity index (χ0) is 14.9. The van der Waals surface area contributed by atoms with Crippen molar-refractivity contribution in [1.82, 2.24) is 0 Å². The lowest BCUT2D eigenvalue weighted by atomic mass is 9.57. The van der Waals surface area contributed by atoms with Gasteiger partial charge in [-0.2, -0.15) is 0 Å². The first-order valence-electron chi connectivity index (χ1n) is 6.59. The topological polar surface area (TPSA) is 48.1 Å². The number of methoxy groups -OCH3 is 2. The van der Waals surface area contributed by atoms with Crippen LogP contribution in [0.3, 0.4) is 0 Å². The fraction of sp³-hybridized carbons (Fsp3) is 0.800. The van der Waals surface area contributed by atoms with Crippen molar-refractivity contribution in [2.75, 3.05) is 14.2 Å². The second-order valence-electron chi connectivity index (χ2n) is 6.52. The molecule has 2 aliphatic rings. The van der Waals surface area contributed by atoms with Crippen molar-refractivity contribution in [3.05, 3.63) is 11.1 Å². The van der Waals surface area contributed by atoms with E-state index in [-0.39, 0.29) is 5.97 Å².